The van der Waals surface area contributed by atoms with Crippen molar-refractivity contribution in [3.05, 3.63) is 24.3 Å². The van der Waals surface area contributed by atoms with Crippen molar-refractivity contribution in [3.8, 4) is 0 Å². The fourth-order valence-electron chi connectivity index (χ4n) is 2.62. The van der Waals surface area contributed by atoms with E-state index < -0.39 is 12.1 Å². The van der Waals surface area contributed by atoms with E-state index in [0.29, 0.717) is 13.0 Å². The van der Waals surface area contributed by atoms with E-state index >= 15 is 0 Å². The minimum atomic E-state index is -0.999. The maximum Gasteiger partial charge on any atom is 0.329 e. The topological polar surface area (TPSA) is 87.1 Å². The Morgan fingerprint density at radius 3 is 2.92 bits per heavy atom. The molecule has 1 unspecified atom stereocenters. The SMILES string of the molecule is CCCCCC(O)C=C[C@H]1CCC(=O)N1CC=CCOCC(=O)O. The second kappa shape index (κ2) is 11.8. The zero-order valence-electron chi connectivity index (χ0n) is 14.4. The Labute approximate surface area is 143 Å². The summed E-state index contributed by atoms with van der Waals surface area (Å²) in [4.78, 5) is 24.0. The Hall–Kier alpha value is -1.66. The highest BCUT2D eigenvalue weighted by Gasteiger charge is 2.27. The van der Waals surface area contributed by atoms with Crippen molar-refractivity contribution in [2.45, 2.75) is 57.6 Å². The summed E-state index contributed by atoms with van der Waals surface area (Å²) in [5.74, 6) is -0.901. The zero-order valence-corrected chi connectivity index (χ0v) is 14.4. The van der Waals surface area contributed by atoms with E-state index in [9.17, 15) is 14.7 Å². The number of aliphatic carboxylic acids is 1. The molecule has 1 saturated heterocycles. The first-order chi connectivity index (χ1) is 11.5. The molecule has 0 radical (unpaired) electrons. The van der Waals surface area contributed by atoms with Crippen molar-refractivity contribution < 1.29 is 24.5 Å². The minimum Gasteiger partial charge on any atom is -0.480 e. The summed E-state index contributed by atoms with van der Waals surface area (Å²) < 4.78 is 4.90. The van der Waals surface area contributed by atoms with Gasteiger partial charge in [-0.05, 0) is 12.8 Å². The Bertz CT molecular complexity index is 447. The number of likely N-dealkylation sites (tertiary alicyclic amines) is 1. The standard InChI is InChI=1S/C18H29NO5/c1-2-3-4-7-16(20)10-8-15-9-11-17(21)19(15)12-5-6-13-24-14-18(22)23/h5-6,8,10,15-16,20H,2-4,7,9,11-14H2,1H3,(H,22,23)/t15-,16?/m0/s1. The van der Waals surface area contributed by atoms with Crippen LogP contribution in [0.2, 0.25) is 0 Å². The summed E-state index contributed by atoms with van der Waals surface area (Å²) in [7, 11) is 0. The highest BCUT2D eigenvalue weighted by Crippen LogP contribution is 2.20. The van der Waals surface area contributed by atoms with E-state index in [-0.39, 0.29) is 25.2 Å². The quantitative estimate of drug-likeness (QED) is 0.420. The number of amides is 1. The van der Waals surface area contributed by atoms with Gasteiger partial charge in [-0.1, -0.05) is 50.5 Å². The first-order valence-corrected chi connectivity index (χ1v) is 8.65. The molecule has 0 aliphatic carbocycles. The van der Waals surface area contributed by atoms with Crippen LogP contribution < -0.4 is 0 Å². The molecule has 1 heterocycles. The number of ether oxygens (including phenoxy) is 1. The molecule has 6 heteroatoms. The van der Waals surface area contributed by atoms with Gasteiger partial charge < -0.3 is 19.8 Å². The smallest absolute Gasteiger partial charge is 0.329 e. The number of carbonyl (C=O) groups excluding carboxylic acids is 1. The monoisotopic (exact) mass is 339 g/mol. The summed E-state index contributed by atoms with van der Waals surface area (Å²) in [6.45, 7) is 2.49. The van der Waals surface area contributed by atoms with E-state index in [1.54, 1.807) is 17.1 Å². The molecule has 1 rings (SSSR count). The van der Waals surface area contributed by atoms with E-state index in [0.717, 1.165) is 32.1 Å². The summed E-state index contributed by atoms with van der Waals surface area (Å²) in [6, 6.07) is 0.0166. The van der Waals surface area contributed by atoms with Crippen LogP contribution in [0.25, 0.3) is 0 Å². The van der Waals surface area contributed by atoms with Gasteiger partial charge in [0.15, 0.2) is 0 Å². The Morgan fingerprint density at radius 2 is 2.21 bits per heavy atom. The van der Waals surface area contributed by atoms with Crippen LogP contribution in [-0.4, -0.2) is 58.9 Å². The molecule has 1 amide bonds. The molecule has 1 aliphatic rings. The van der Waals surface area contributed by atoms with Crippen molar-refractivity contribution in [1.82, 2.24) is 4.90 Å². The summed E-state index contributed by atoms with van der Waals surface area (Å²) >= 11 is 0. The number of rotatable bonds is 12. The fourth-order valence-corrected chi connectivity index (χ4v) is 2.62. The van der Waals surface area contributed by atoms with Crippen LogP contribution in [-0.2, 0) is 14.3 Å². The van der Waals surface area contributed by atoms with Crippen LogP contribution >= 0.6 is 0 Å². The lowest BCUT2D eigenvalue weighted by molar-refractivity contribution is -0.141. The molecule has 1 fully saturated rings. The highest BCUT2D eigenvalue weighted by molar-refractivity contribution is 5.79. The van der Waals surface area contributed by atoms with Crippen LogP contribution in [0.3, 0.4) is 0 Å². The van der Waals surface area contributed by atoms with Crippen molar-refractivity contribution in [2.75, 3.05) is 19.8 Å². The molecule has 6 nitrogen and oxygen atoms in total. The van der Waals surface area contributed by atoms with Crippen molar-refractivity contribution in [2.24, 2.45) is 0 Å². The molecule has 0 aromatic carbocycles. The summed E-state index contributed by atoms with van der Waals surface area (Å²) in [5, 5.41) is 18.4. The van der Waals surface area contributed by atoms with E-state index in [2.05, 4.69) is 6.92 Å². The molecule has 24 heavy (non-hydrogen) atoms. The van der Waals surface area contributed by atoms with Gasteiger partial charge in [-0.3, -0.25) is 4.79 Å². The van der Waals surface area contributed by atoms with Crippen LogP contribution in [0.4, 0.5) is 0 Å². The second-order valence-corrected chi connectivity index (χ2v) is 5.98. The van der Waals surface area contributed by atoms with Gasteiger partial charge in [0.2, 0.25) is 5.91 Å². The molecule has 0 aromatic rings. The number of hydrogen-bond donors (Lipinski definition) is 2. The molecule has 0 bridgehead atoms. The molecule has 136 valence electrons. The Morgan fingerprint density at radius 1 is 1.42 bits per heavy atom. The normalized spacial score (nSPS) is 19.7. The number of carbonyl (C=O) groups is 2. The van der Waals surface area contributed by atoms with Crippen LogP contribution in [0.1, 0.15) is 45.4 Å². The van der Waals surface area contributed by atoms with Gasteiger partial charge in [0.05, 0.1) is 18.8 Å². The first kappa shape index (κ1) is 20.4. The third-order valence-corrected chi connectivity index (χ3v) is 3.94. The van der Waals surface area contributed by atoms with Crippen molar-refractivity contribution >= 4 is 11.9 Å². The summed E-state index contributed by atoms with van der Waals surface area (Å²) in [5.41, 5.74) is 0. The number of nitrogens with zero attached hydrogens (tertiary/aromatic N) is 1. The molecule has 1 aliphatic heterocycles. The van der Waals surface area contributed by atoms with Crippen LogP contribution in [0, 0.1) is 0 Å². The largest absolute Gasteiger partial charge is 0.480 e. The fraction of sp³-hybridized carbons (Fsp3) is 0.667. The van der Waals surface area contributed by atoms with Gasteiger partial charge in [0.25, 0.3) is 0 Å². The van der Waals surface area contributed by atoms with E-state index in [1.807, 2.05) is 12.2 Å². The lowest BCUT2D eigenvalue weighted by atomic mass is 10.1. The lowest BCUT2D eigenvalue weighted by Gasteiger charge is -2.21. The predicted molar refractivity (Wildman–Crippen MR) is 91.6 cm³/mol. The molecular weight excluding hydrogens is 310 g/mol. The molecule has 0 spiro atoms. The van der Waals surface area contributed by atoms with Crippen LogP contribution in [0.15, 0.2) is 24.3 Å². The molecule has 2 atom stereocenters. The molecule has 2 N–H and O–H groups in total. The first-order valence-electron chi connectivity index (χ1n) is 8.65. The number of unbranched alkanes of at least 4 members (excludes halogenated alkanes) is 2. The van der Waals surface area contributed by atoms with Gasteiger partial charge in [-0.2, -0.15) is 0 Å². The third kappa shape index (κ3) is 8.26. The molecular formula is C18H29NO5. The average Bonchev–Trinajstić information content (AvgIpc) is 2.89. The lowest BCUT2D eigenvalue weighted by Crippen LogP contribution is -2.32. The molecule has 0 saturated carbocycles. The van der Waals surface area contributed by atoms with Gasteiger partial charge in [-0.25, -0.2) is 4.79 Å². The van der Waals surface area contributed by atoms with E-state index in [1.165, 1.54) is 0 Å². The maximum absolute atomic E-state index is 11.9. The Balaban J connectivity index is 2.37. The van der Waals surface area contributed by atoms with Crippen molar-refractivity contribution in [3.63, 3.8) is 0 Å². The van der Waals surface area contributed by atoms with Gasteiger partial charge >= 0.3 is 5.97 Å². The second-order valence-electron chi connectivity index (χ2n) is 5.98. The Kier molecular flexibility index (Phi) is 10.0. The number of carboxylic acids is 1. The predicted octanol–water partition coefficient (Wildman–Crippen LogP) is 2.13. The zero-order chi connectivity index (χ0) is 17.8. The van der Waals surface area contributed by atoms with Gasteiger partial charge in [0, 0.05) is 13.0 Å². The average molecular weight is 339 g/mol. The number of carboxylic acid groups (broad SMARTS) is 1. The number of aliphatic hydroxyl groups excluding tert-OH is 1. The summed E-state index contributed by atoms with van der Waals surface area (Å²) in [6.07, 6.45) is 12.1. The number of aliphatic hydroxyl groups is 1. The number of hydrogen-bond acceptors (Lipinski definition) is 4. The molecule has 0 aromatic heterocycles. The third-order valence-electron chi connectivity index (χ3n) is 3.94. The van der Waals surface area contributed by atoms with Gasteiger partial charge in [-0.15, -0.1) is 0 Å². The van der Waals surface area contributed by atoms with Crippen molar-refractivity contribution in [1.29, 1.82) is 0 Å². The minimum absolute atomic E-state index is 0.0166. The van der Waals surface area contributed by atoms with E-state index in [4.69, 9.17) is 9.84 Å². The van der Waals surface area contributed by atoms with Gasteiger partial charge in [0.1, 0.15) is 6.61 Å². The highest BCUT2D eigenvalue weighted by atomic mass is 16.5. The van der Waals surface area contributed by atoms with Crippen LogP contribution in [0.5, 0.6) is 0 Å². The maximum atomic E-state index is 11.9.